The number of nitrogens with zero attached hydrogens (tertiary/aromatic N) is 6. The number of benzene rings is 8. The number of aliphatic hydroxyl groups excluding tert-OH is 2. The van der Waals surface area contributed by atoms with Crippen molar-refractivity contribution in [2.45, 2.75) is 58.7 Å². The second-order valence-corrected chi connectivity index (χ2v) is 20.7. The van der Waals surface area contributed by atoms with E-state index in [0.29, 0.717) is 24.6 Å². The summed E-state index contributed by atoms with van der Waals surface area (Å²) in [6.07, 6.45) is 2.56. The molecule has 0 aliphatic rings. The molecule has 10 rings (SSSR count). The number of hydrogen-bond acceptors (Lipinski definition) is 9. The van der Waals surface area contributed by atoms with Crippen molar-refractivity contribution in [1.29, 1.82) is 0 Å². The number of thioether (sulfide) groups is 2. The lowest BCUT2D eigenvalue weighted by atomic mass is 10.1. The Morgan fingerprint density at radius 2 is 0.803 bits per heavy atom. The molecule has 2 heterocycles. The second-order valence-electron chi connectivity index (χ2n) is 17.4. The molecular weight excluding hydrogens is 933 g/mol. The van der Waals surface area contributed by atoms with Crippen molar-refractivity contribution in [3.63, 3.8) is 0 Å². The van der Waals surface area contributed by atoms with Crippen LogP contribution in [-0.2, 0) is 13.1 Å². The summed E-state index contributed by atoms with van der Waals surface area (Å²) in [6.45, 7) is 6.89. The van der Waals surface area contributed by atoms with Gasteiger partial charge in [0, 0.05) is 87.8 Å². The Bertz CT molecular complexity index is 3200. The SMILES string of the molecule is CCn1c2ccccc2c2cc(/C=N/N(CC(O)CSc3ccc(Sc4ccc(SCC(O)CN(/N=C/c5ccc6c(c5)c5ccccc5n6CC)c5ccccc5)cc4)cc3)c3ccccc3)ccc21. The van der Waals surface area contributed by atoms with E-state index >= 15 is 0 Å². The van der Waals surface area contributed by atoms with Gasteiger partial charge in [-0.3, -0.25) is 10.0 Å². The molecule has 8 aromatic carbocycles. The Hall–Kier alpha value is -6.73. The van der Waals surface area contributed by atoms with Crippen molar-refractivity contribution in [3.8, 4) is 0 Å². The lowest BCUT2D eigenvalue weighted by molar-refractivity contribution is 0.204. The fraction of sp³-hybridized carbons (Fsp3) is 0.167. The van der Waals surface area contributed by atoms with Gasteiger partial charge in [-0.2, -0.15) is 10.2 Å². The van der Waals surface area contributed by atoms with Gasteiger partial charge in [0.25, 0.3) is 0 Å². The van der Waals surface area contributed by atoms with Crippen LogP contribution in [0.2, 0.25) is 0 Å². The predicted molar refractivity (Wildman–Crippen MR) is 303 cm³/mol. The Balaban J connectivity index is 0.716. The Morgan fingerprint density at radius 3 is 1.21 bits per heavy atom. The largest absolute Gasteiger partial charge is 0.390 e. The molecule has 0 radical (unpaired) electrons. The monoisotopic (exact) mass is 988 g/mol. The van der Waals surface area contributed by atoms with Crippen molar-refractivity contribution in [2.24, 2.45) is 10.2 Å². The lowest BCUT2D eigenvalue weighted by Crippen LogP contribution is -2.30. The highest BCUT2D eigenvalue weighted by Crippen LogP contribution is 2.34. The van der Waals surface area contributed by atoms with Crippen molar-refractivity contribution in [1.82, 2.24) is 9.13 Å². The highest BCUT2D eigenvalue weighted by molar-refractivity contribution is 8.00. The van der Waals surface area contributed by atoms with Crippen LogP contribution < -0.4 is 10.0 Å². The summed E-state index contributed by atoms with van der Waals surface area (Å²) in [5, 5.41) is 41.1. The predicted octanol–water partition coefficient (Wildman–Crippen LogP) is 14.1. The Morgan fingerprint density at radius 1 is 0.437 bits per heavy atom. The van der Waals surface area contributed by atoms with Crippen LogP contribution in [-0.4, -0.2) is 68.6 Å². The van der Waals surface area contributed by atoms with E-state index in [9.17, 15) is 10.2 Å². The number of hydrazone groups is 2. The molecule has 0 saturated heterocycles. The summed E-state index contributed by atoms with van der Waals surface area (Å²) in [7, 11) is 0. The number of hydrogen-bond donors (Lipinski definition) is 2. The first kappa shape index (κ1) is 47.9. The lowest BCUT2D eigenvalue weighted by Gasteiger charge is -2.22. The quantitative estimate of drug-likeness (QED) is 0.0447. The first-order valence-electron chi connectivity index (χ1n) is 24.2. The second kappa shape index (κ2) is 22.6. The molecule has 10 aromatic rings. The number of rotatable bonds is 20. The van der Waals surface area contributed by atoms with Gasteiger partial charge in [-0.25, -0.2) is 0 Å². The van der Waals surface area contributed by atoms with E-state index in [4.69, 9.17) is 10.2 Å². The van der Waals surface area contributed by atoms with E-state index in [1.165, 1.54) is 43.6 Å². The molecule has 0 fully saturated rings. The van der Waals surface area contributed by atoms with Gasteiger partial charge in [0.15, 0.2) is 0 Å². The van der Waals surface area contributed by atoms with Crippen LogP contribution in [0.25, 0.3) is 43.6 Å². The van der Waals surface area contributed by atoms with E-state index in [2.05, 4.69) is 156 Å². The molecule has 0 bridgehead atoms. The highest BCUT2D eigenvalue weighted by Gasteiger charge is 2.16. The minimum absolute atomic E-state index is 0.359. The smallest absolute Gasteiger partial charge is 0.0830 e. The summed E-state index contributed by atoms with van der Waals surface area (Å²) in [5.74, 6) is 1.06. The maximum atomic E-state index is 11.3. The Labute approximate surface area is 428 Å². The average molecular weight is 989 g/mol. The molecule has 2 aromatic heterocycles. The van der Waals surface area contributed by atoms with Gasteiger partial charge in [0.05, 0.1) is 49.1 Å². The van der Waals surface area contributed by atoms with E-state index in [0.717, 1.165) is 55.2 Å². The zero-order valence-corrected chi connectivity index (χ0v) is 42.3. The molecule has 0 aliphatic heterocycles. The third-order valence-corrected chi connectivity index (χ3v) is 15.9. The molecule has 2 unspecified atom stereocenters. The number of aromatic nitrogens is 2. The molecule has 0 spiro atoms. The maximum absolute atomic E-state index is 11.3. The fourth-order valence-electron chi connectivity index (χ4n) is 9.13. The summed E-state index contributed by atoms with van der Waals surface area (Å²) in [5.41, 5.74) is 8.78. The number of anilines is 2. The first-order chi connectivity index (χ1) is 34.9. The number of fused-ring (bicyclic) bond motifs is 6. The van der Waals surface area contributed by atoms with Crippen molar-refractivity contribution in [2.75, 3.05) is 34.6 Å². The van der Waals surface area contributed by atoms with Gasteiger partial charge >= 0.3 is 0 Å². The van der Waals surface area contributed by atoms with Crippen LogP contribution in [0.15, 0.2) is 224 Å². The van der Waals surface area contributed by atoms with Crippen LogP contribution >= 0.6 is 35.3 Å². The van der Waals surface area contributed by atoms with Gasteiger partial charge in [-0.05, 0) is 134 Å². The van der Waals surface area contributed by atoms with Crippen LogP contribution in [0.1, 0.15) is 25.0 Å². The van der Waals surface area contributed by atoms with Crippen LogP contribution in [0, 0.1) is 0 Å². The third kappa shape index (κ3) is 11.3. The molecule has 71 heavy (non-hydrogen) atoms. The zero-order valence-electron chi connectivity index (χ0n) is 39.8. The van der Waals surface area contributed by atoms with E-state index in [-0.39, 0.29) is 0 Å². The topological polar surface area (TPSA) is 81.5 Å². The highest BCUT2D eigenvalue weighted by atomic mass is 32.2. The molecule has 0 aliphatic carbocycles. The average Bonchev–Trinajstić information content (AvgIpc) is 3.92. The first-order valence-corrected chi connectivity index (χ1v) is 26.9. The number of para-hydroxylation sites is 4. The van der Waals surface area contributed by atoms with E-state index < -0.39 is 12.2 Å². The summed E-state index contributed by atoms with van der Waals surface area (Å²) in [6, 6.07) is 67.2. The molecule has 0 saturated carbocycles. The van der Waals surface area contributed by atoms with Crippen LogP contribution in [0.3, 0.4) is 0 Å². The fourth-order valence-corrected chi connectivity index (χ4v) is 11.6. The number of aliphatic hydroxyl groups is 2. The normalized spacial score (nSPS) is 12.8. The molecule has 2 atom stereocenters. The summed E-state index contributed by atoms with van der Waals surface area (Å²) in [4.78, 5) is 4.48. The maximum Gasteiger partial charge on any atom is 0.0830 e. The molecular formula is C60H56N6O2S3. The van der Waals surface area contributed by atoms with Crippen LogP contribution in [0.4, 0.5) is 11.4 Å². The molecule has 11 heteroatoms. The number of aryl methyl sites for hydroxylation is 2. The summed E-state index contributed by atoms with van der Waals surface area (Å²) >= 11 is 5.00. The Kier molecular flexibility index (Phi) is 15.2. The molecule has 2 N–H and O–H groups in total. The van der Waals surface area contributed by atoms with Crippen molar-refractivity contribution in [3.05, 3.63) is 205 Å². The minimum atomic E-state index is -0.613. The minimum Gasteiger partial charge on any atom is -0.390 e. The molecule has 8 nitrogen and oxygen atoms in total. The van der Waals surface area contributed by atoms with Gasteiger partial charge < -0.3 is 19.3 Å². The van der Waals surface area contributed by atoms with Gasteiger partial charge in [0.1, 0.15) is 0 Å². The zero-order chi connectivity index (χ0) is 48.5. The van der Waals surface area contributed by atoms with E-state index in [1.807, 2.05) is 83.1 Å². The third-order valence-electron chi connectivity index (χ3n) is 12.6. The van der Waals surface area contributed by atoms with E-state index in [1.54, 1.807) is 35.3 Å². The van der Waals surface area contributed by atoms with Gasteiger partial charge in [-0.15, -0.1) is 23.5 Å². The molecule has 356 valence electrons. The van der Waals surface area contributed by atoms with Gasteiger partial charge in [0.2, 0.25) is 0 Å². The van der Waals surface area contributed by atoms with Crippen molar-refractivity contribution >= 4 is 103 Å². The standard InChI is InChI=1S/C60H56N6O2S3/c1-3-63-57-21-13-11-19-53(57)55-35-43(23-33-59(55)63)37-61-65(45-15-7-5-8-16-45)39-47(67)41-69-49-25-29-51(30-26-49)71-52-31-27-50(28-32-52)70-42-48(68)40-66(46-17-9-6-10-18-46)62-38-44-24-34-60-56(36-44)54-20-12-14-22-58(54)64(60)4-2/h5-38,47-48,67-68H,3-4,39-42H2,1-2H3/b61-37+,62-38+. The summed E-state index contributed by atoms with van der Waals surface area (Å²) < 4.78 is 4.70. The molecule has 0 amide bonds. The van der Waals surface area contributed by atoms with Crippen LogP contribution in [0.5, 0.6) is 0 Å². The van der Waals surface area contributed by atoms with Crippen molar-refractivity contribution < 1.29 is 10.2 Å². The van der Waals surface area contributed by atoms with Gasteiger partial charge in [-0.1, -0.05) is 96.7 Å².